The molecule has 1 atom stereocenters. The van der Waals surface area contributed by atoms with Crippen molar-refractivity contribution in [1.29, 1.82) is 0 Å². The van der Waals surface area contributed by atoms with Crippen LogP contribution in [0.5, 0.6) is 0 Å². The van der Waals surface area contributed by atoms with E-state index in [2.05, 4.69) is 0 Å². The minimum atomic E-state index is -4.04. The Balaban J connectivity index is 2.47. The molecule has 1 heterocycles. The number of nitrogens with zero attached hydrogens (tertiary/aromatic N) is 2. The van der Waals surface area contributed by atoms with E-state index >= 15 is 0 Å². The van der Waals surface area contributed by atoms with Gasteiger partial charge in [0, 0.05) is 32.2 Å². The van der Waals surface area contributed by atoms with Crippen molar-refractivity contribution in [1.82, 2.24) is 9.21 Å². The van der Waals surface area contributed by atoms with Crippen LogP contribution in [0.1, 0.15) is 6.92 Å². The quantitative estimate of drug-likeness (QED) is 0.588. The molecule has 7 heteroatoms. The molecule has 0 radical (unpaired) electrons. The predicted molar refractivity (Wildman–Crippen MR) is 51.2 cm³/mol. The molecule has 0 amide bonds. The van der Waals surface area contributed by atoms with Crippen molar-refractivity contribution in [3.05, 3.63) is 0 Å². The molecule has 1 aliphatic rings. The molecule has 1 saturated heterocycles. The van der Waals surface area contributed by atoms with Crippen molar-refractivity contribution in [2.45, 2.75) is 13.0 Å². The fraction of sp³-hybridized carbons (Fsp3) is 1.00. The smallest absolute Gasteiger partial charge is 0.335 e. The maximum absolute atomic E-state index is 10.7. The van der Waals surface area contributed by atoms with Gasteiger partial charge in [0.05, 0.1) is 6.61 Å². The predicted octanol–water partition coefficient (Wildman–Crippen LogP) is -1.21. The highest BCUT2D eigenvalue weighted by Gasteiger charge is 2.26. The summed E-state index contributed by atoms with van der Waals surface area (Å²) >= 11 is 0. The van der Waals surface area contributed by atoms with Crippen LogP contribution in [0, 0.1) is 0 Å². The summed E-state index contributed by atoms with van der Waals surface area (Å²) < 4.78 is 31.3. The van der Waals surface area contributed by atoms with Gasteiger partial charge >= 0.3 is 10.3 Å². The second-order valence-corrected chi connectivity index (χ2v) is 4.86. The Morgan fingerprint density at radius 2 is 1.79 bits per heavy atom. The van der Waals surface area contributed by atoms with Crippen molar-refractivity contribution in [3.8, 4) is 0 Å². The van der Waals surface area contributed by atoms with Crippen LogP contribution in [0.4, 0.5) is 0 Å². The minimum absolute atomic E-state index is 0.0403. The summed E-state index contributed by atoms with van der Waals surface area (Å²) in [5.41, 5.74) is 0. The SMILES string of the molecule is CC(CO)N1CCN(S(=O)(=O)O)CC1. The van der Waals surface area contributed by atoms with E-state index in [0.29, 0.717) is 13.1 Å². The normalized spacial score (nSPS) is 23.6. The molecule has 0 aromatic carbocycles. The maximum atomic E-state index is 10.7. The van der Waals surface area contributed by atoms with E-state index in [1.807, 2.05) is 11.8 Å². The zero-order chi connectivity index (χ0) is 10.8. The summed E-state index contributed by atoms with van der Waals surface area (Å²) in [5, 5.41) is 8.89. The largest absolute Gasteiger partial charge is 0.395 e. The van der Waals surface area contributed by atoms with Gasteiger partial charge in [0.1, 0.15) is 0 Å². The molecule has 0 aromatic heterocycles. The number of hydrogen-bond acceptors (Lipinski definition) is 4. The van der Waals surface area contributed by atoms with Crippen LogP contribution < -0.4 is 0 Å². The van der Waals surface area contributed by atoms with Crippen LogP contribution in [0.25, 0.3) is 0 Å². The van der Waals surface area contributed by atoms with E-state index in [-0.39, 0.29) is 25.7 Å². The van der Waals surface area contributed by atoms with Gasteiger partial charge in [-0.3, -0.25) is 9.45 Å². The van der Waals surface area contributed by atoms with Gasteiger partial charge < -0.3 is 5.11 Å². The number of rotatable bonds is 3. The second kappa shape index (κ2) is 4.54. The molecule has 2 N–H and O–H groups in total. The molecule has 14 heavy (non-hydrogen) atoms. The topological polar surface area (TPSA) is 81.1 Å². The van der Waals surface area contributed by atoms with E-state index < -0.39 is 10.3 Å². The molecule has 0 bridgehead atoms. The first-order valence-corrected chi connectivity index (χ1v) is 5.92. The van der Waals surface area contributed by atoms with Crippen molar-refractivity contribution in [2.75, 3.05) is 32.8 Å². The minimum Gasteiger partial charge on any atom is -0.395 e. The molecule has 0 aliphatic carbocycles. The average Bonchev–Trinajstić information content (AvgIpc) is 2.15. The summed E-state index contributed by atoms with van der Waals surface area (Å²) in [6, 6.07) is 0.0403. The van der Waals surface area contributed by atoms with Gasteiger partial charge in [-0.05, 0) is 6.92 Å². The molecule has 1 rings (SSSR count). The fourth-order valence-corrected chi connectivity index (χ4v) is 2.12. The third-order valence-electron chi connectivity index (χ3n) is 2.49. The molecule has 0 saturated carbocycles. The number of aliphatic hydroxyl groups excluding tert-OH is 1. The van der Waals surface area contributed by atoms with Gasteiger partial charge in [0.2, 0.25) is 0 Å². The van der Waals surface area contributed by atoms with Crippen LogP contribution >= 0.6 is 0 Å². The Bertz CT molecular complexity index is 271. The van der Waals surface area contributed by atoms with E-state index in [1.165, 1.54) is 0 Å². The van der Waals surface area contributed by atoms with Gasteiger partial charge in [-0.25, -0.2) is 0 Å². The molecule has 1 fully saturated rings. The second-order valence-electron chi connectivity index (χ2n) is 3.44. The Hall–Kier alpha value is -0.210. The highest BCUT2D eigenvalue weighted by molar-refractivity contribution is 7.83. The van der Waals surface area contributed by atoms with Crippen molar-refractivity contribution in [3.63, 3.8) is 0 Å². The number of piperazine rings is 1. The lowest BCUT2D eigenvalue weighted by Crippen LogP contribution is -2.51. The van der Waals surface area contributed by atoms with Crippen LogP contribution in [-0.2, 0) is 10.3 Å². The summed E-state index contributed by atoms with van der Waals surface area (Å²) in [6.07, 6.45) is 0. The Labute approximate surface area is 84.0 Å². The zero-order valence-corrected chi connectivity index (χ0v) is 8.94. The molecular formula is C7H16N2O4S. The first-order valence-electron chi connectivity index (χ1n) is 4.52. The third-order valence-corrected chi connectivity index (χ3v) is 3.50. The third kappa shape index (κ3) is 2.89. The molecule has 6 nitrogen and oxygen atoms in total. The highest BCUT2D eigenvalue weighted by Crippen LogP contribution is 2.08. The van der Waals surface area contributed by atoms with Gasteiger partial charge in [-0.15, -0.1) is 0 Å². The molecule has 1 aliphatic heterocycles. The van der Waals surface area contributed by atoms with Crippen molar-refractivity contribution in [2.24, 2.45) is 0 Å². The summed E-state index contributed by atoms with van der Waals surface area (Å²) in [4.78, 5) is 1.99. The van der Waals surface area contributed by atoms with Gasteiger partial charge in [-0.1, -0.05) is 0 Å². The lowest BCUT2D eigenvalue weighted by atomic mass is 10.2. The fourth-order valence-electron chi connectivity index (χ4n) is 1.49. The highest BCUT2D eigenvalue weighted by atomic mass is 32.2. The number of hydrogen-bond donors (Lipinski definition) is 2. The molecule has 1 unspecified atom stereocenters. The first-order chi connectivity index (χ1) is 6.45. The van der Waals surface area contributed by atoms with Crippen LogP contribution in [0.2, 0.25) is 0 Å². The summed E-state index contributed by atoms with van der Waals surface area (Å²) in [6.45, 7) is 3.59. The Morgan fingerprint density at radius 1 is 1.29 bits per heavy atom. The van der Waals surface area contributed by atoms with Crippen molar-refractivity contribution >= 4 is 10.3 Å². The zero-order valence-electron chi connectivity index (χ0n) is 8.13. The molecular weight excluding hydrogens is 208 g/mol. The van der Waals surface area contributed by atoms with E-state index in [0.717, 1.165) is 4.31 Å². The van der Waals surface area contributed by atoms with Gasteiger partial charge in [0.25, 0.3) is 0 Å². The molecule has 0 spiro atoms. The molecule has 84 valence electrons. The van der Waals surface area contributed by atoms with E-state index in [4.69, 9.17) is 9.66 Å². The van der Waals surface area contributed by atoms with Crippen LogP contribution in [0.3, 0.4) is 0 Å². The lowest BCUT2D eigenvalue weighted by Gasteiger charge is -2.35. The summed E-state index contributed by atoms with van der Waals surface area (Å²) in [7, 11) is -4.04. The number of aliphatic hydroxyl groups is 1. The van der Waals surface area contributed by atoms with Crippen LogP contribution in [-0.4, -0.2) is 66.1 Å². The van der Waals surface area contributed by atoms with Crippen molar-refractivity contribution < 1.29 is 18.1 Å². The monoisotopic (exact) mass is 224 g/mol. The van der Waals surface area contributed by atoms with Gasteiger partial charge in [-0.2, -0.15) is 12.7 Å². The maximum Gasteiger partial charge on any atom is 0.335 e. The van der Waals surface area contributed by atoms with E-state index in [1.54, 1.807) is 0 Å². The standard InChI is InChI=1S/C7H16N2O4S/c1-7(6-10)8-2-4-9(5-3-8)14(11,12)13/h7,10H,2-6H2,1H3,(H,11,12,13). The Kier molecular flexibility index (Phi) is 3.85. The first kappa shape index (κ1) is 11.9. The van der Waals surface area contributed by atoms with E-state index in [9.17, 15) is 8.42 Å². The van der Waals surface area contributed by atoms with Crippen LogP contribution in [0.15, 0.2) is 0 Å². The molecule has 0 aromatic rings. The summed E-state index contributed by atoms with van der Waals surface area (Å²) in [5.74, 6) is 0. The average molecular weight is 224 g/mol. The lowest BCUT2D eigenvalue weighted by molar-refractivity contribution is 0.0976. The van der Waals surface area contributed by atoms with Gasteiger partial charge in [0.15, 0.2) is 0 Å². The Morgan fingerprint density at radius 3 is 2.14 bits per heavy atom.